The number of aryl methyl sites for hydroxylation is 1. The highest BCUT2D eigenvalue weighted by Gasteiger charge is 2.23. The zero-order chi connectivity index (χ0) is 21.1. The van der Waals surface area contributed by atoms with Crippen LogP contribution in [0.4, 0.5) is 10.9 Å². The quantitative estimate of drug-likeness (QED) is 0.582. The number of pyridine rings is 1. The van der Waals surface area contributed by atoms with E-state index in [4.69, 9.17) is 0 Å². The number of anilines is 2. The molecule has 4 rings (SSSR count). The molecule has 0 aliphatic heterocycles. The molecule has 1 aliphatic carbocycles. The third-order valence-electron chi connectivity index (χ3n) is 5.39. The standard InChI is InChI=1S/C22H25N3O3S2/c1-15-14-23-22(29-15)25-21-13-20(30(27,28)19-5-3-2-4-6-19)12-17(24-21)11-16-7-9-18(26)10-8-16/h2-6,12-14,16,18,26H,7-11H2,1H3,(H,23,24,25). The number of thiazole rings is 1. The first-order chi connectivity index (χ1) is 14.4. The van der Waals surface area contributed by atoms with Crippen molar-refractivity contribution in [3.63, 3.8) is 0 Å². The minimum atomic E-state index is -3.66. The Kier molecular flexibility index (Phi) is 6.17. The molecule has 1 fully saturated rings. The molecule has 0 amide bonds. The highest BCUT2D eigenvalue weighted by molar-refractivity contribution is 7.91. The van der Waals surface area contributed by atoms with E-state index < -0.39 is 9.84 Å². The van der Waals surface area contributed by atoms with E-state index in [0.717, 1.165) is 36.3 Å². The van der Waals surface area contributed by atoms with Gasteiger partial charge in [0.15, 0.2) is 5.13 Å². The van der Waals surface area contributed by atoms with Crippen LogP contribution in [0.3, 0.4) is 0 Å². The summed E-state index contributed by atoms with van der Waals surface area (Å²) in [6.07, 6.45) is 5.67. The van der Waals surface area contributed by atoms with Gasteiger partial charge in [0.05, 0.1) is 15.9 Å². The first-order valence-electron chi connectivity index (χ1n) is 10.1. The maximum atomic E-state index is 13.2. The van der Waals surface area contributed by atoms with Gasteiger partial charge < -0.3 is 10.4 Å². The van der Waals surface area contributed by atoms with E-state index in [1.807, 2.05) is 6.92 Å². The van der Waals surface area contributed by atoms with Gasteiger partial charge in [0.2, 0.25) is 9.84 Å². The fourth-order valence-electron chi connectivity index (χ4n) is 3.79. The molecule has 8 heteroatoms. The SMILES string of the molecule is Cc1cnc(Nc2cc(S(=O)(=O)c3ccccc3)cc(CC3CCC(O)CC3)n2)s1. The van der Waals surface area contributed by atoms with Gasteiger partial charge in [0, 0.05) is 16.8 Å². The summed E-state index contributed by atoms with van der Waals surface area (Å²) in [6, 6.07) is 11.7. The molecule has 2 aromatic heterocycles. The maximum Gasteiger partial charge on any atom is 0.206 e. The molecule has 0 spiro atoms. The highest BCUT2D eigenvalue weighted by Crippen LogP contribution is 2.30. The Morgan fingerprint density at radius 3 is 2.50 bits per heavy atom. The van der Waals surface area contributed by atoms with Crippen LogP contribution in [-0.2, 0) is 16.3 Å². The van der Waals surface area contributed by atoms with Gasteiger partial charge in [-0.2, -0.15) is 0 Å². The Labute approximate surface area is 181 Å². The van der Waals surface area contributed by atoms with Gasteiger partial charge in [0.25, 0.3) is 0 Å². The minimum absolute atomic E-state index is 0.218. The molecule has 1 aromatic carbocycles. The molecule has 1 saturated carbocycles. The van der Waals surface area contributed by atoms with Gasteiger partial charge in [-0.05, 0) is 69.2 Å². The summed E-state index contributed by atoms with van der Waals surface area (Å²) >= 11 is 1.49. The molecule has 2 heterocycles. The van der Waals surface area contributed by atoms with Crippen molar-refractivity contribution in [2.75, 3.05) is 5.32 Å². The topological polar surface area (TPSA) is 92.2 Å². The average Bonchev–Trinajstić information content (AvgIpc) is 3.15. The Hall–Kier alpha value is -2.29. The third kappa shape index (κ3) is 4.88. The number of nitrogens with one attached hydrogen (secondary N) is 1. The number of aliphatic hydroxyl groups is 1. The van der Waals surface area contributed by atoms with E-state index in [-0.39, 0.29) is 15.9 Å². The van der Waals surface area contributed by atoms with Gasteiger partial charge in [-0.25, -0.2) is 18.4 Å². The maximum absolute atomic E-state index is 13.2. The van der Waals surface area contributed by atoms with E-state index in [1.54, 1.807) is 48.7 Å². The lowest BCUT2D eigenvalue weighted by Crippen LogP contribution is -2.20. The third-order valence-corrected chi connectivity index (χ3v) is 7.96. The van der Waals surface area contributed by atoms with Gasteiger partial charge in [-0.15, -0.1) is 11.3 Å². The van der Waals surface area contributed by atoms with Crippen molar-refractivity contribution in [2.24, 2.45) is 5.92 Å². The highest BCUT2D eigenvalue weighted by atomic mass is 32.2. The van der Waals surface area contributed by atoms with Gasteiger partial charge >= 0.3 is 0 Å². The monoisotopic (exact) mass is 443 g/mol. The zero-order valence-corrected chi connectivity index (χ0v) is 18.4. The predicted octanol–water partition coefficient (Wildman–Crippen LogP) is 4.52. The number of aliphatic hydroxyl groups excluding tert-OH is 1. The van der Waals surface area contributed by atoms with Crippen molar-refractivity contribution < 1.29 is 13.5 Å². The molecule has 1 aliphatic rings. The Morgan fingerprint density at radius 2 is 1.83 bits per heavy atom. The van der Waals surface area contributed by atoms with Crippen LogP contribution in [0.15, 0.2) is 58.5 Å². The molecular formula is C22H25N3O3S2. The van der Waals surface area contributed by atoms with Gasteiger partial charge in [0.1, 0.15) is 5.82 Å². The van der Waals surface area contributed by atoms with E-state index in [9.17, 15) is 13.5 Å². The molecule has 0 radical (unpaired) electrons. The lowest BCUT2D eigenvalue weighted by atomic mass is 9.84. The molecule has 0 bridgehead atoms. The number of rotatable bonds is 6. The first kappa shape index (κ1) is 21.0. The molecule has 158 valence electrons. The molecule has 2 N–H and O–H groups in total. The largest absolute Gasteiger partial charge is 0.393 e. The first-order valence-corrected chi connectivity index (χ1v) is 12.4. The van der Waals surface area contributed by atoms with E-state index in [0.29, 0.717) is 23.3 Å². The van der Waals surface area contributed by atoms with Crippen molar-refractivity contribution >= 4 is 32.1 Å². The van der Waals surface area contributed by atoms with E-state index >= 15 is 0 Å². The Morgan fingerprint density at radius 1 is 1.10 bits per heavy atom. The second kappa shape index (κ2) is 8.83. The molecule has 6 nitrogen and oxygen atoms in total. The summed E-state index contributed by atoms with van der Waals surface area (Å²) in [6.45, 7) is 1.97. The van der Waals surface area contributed by atoms with Crippen LogP contribution >= 0.6 is 11.3 Å². The number of hydrogen-bond donors (Lipinski definition) is 2. The van der Waals surface area contributed by atoms with Crippen molar-refractivity contribution in [1.29, 1.82) is 0 Å². The van der Waals surface area contributed by atoms with Gasteiger partial charge in [-0.3, -0.25) is 0 Å². The molecular weight excluding hydrogens is 418 g/mol. The molecule has 30 heavy (non-hydrogen) atoms. The summed E-state index contributed by atoms with van der Waals surface area (Å²) < 4.78 is 26.5. The van der Waals surface area contributed by atoms with Crippen LogP contribution in [0.25, 0.3) is 0 Å². The van der Waals surface area contributed by atoms with Crippen LogP contribution in [0.2, 0.25) is 0 Å². The summed E-state index contributed by atoms with van der Waals surface area (Å²) in [4.78, 5) is 10.5. The Bertz CT molecular complexity index is 1110. The van der Waals surface area contributed by atoms with Crippen LogP contribution in [0.1, 0.15) is 36.3 Å². The number of aromatic nitrogens is 2. The van der Waals surface area contributed by atoms with E-state index in [2.05, 4.69) is 15.3 Å². The van der Waals surface area contributed by atoms with Crippen molar-refractivity contribution in [1.82, 2.24) is 9.97 Å². The van der Waals surface area contributed by atoms with Crippen molar-refractivity contribution in [3.05, 3.63) is 59.2 Å². The van der Waals surface area contributed by atoms with Crippen LogP contribution < -0.4 is 5.32 Å². The van der Waals surface area contributed by atoms with Crippen LogP contribution in [0.5, 0.6) is 0 Å². The molecule has 0 unspecified atom stereocenters. The van der Waals surface area contributed by atoms with Crippen molar-refractivity contribution in [2.45, 2.75) is 54.9 Å². The predicted molar refractivity (Wildman–Crippen MR) is 118 cm³/mol. The fourth-order valence-corrected chi connectivity index (χ4v) is 5.80. The zero-order valence-electron chi connectivity index (χ0n) is 16.8. The molecule has 0 saturated heterocycles. The fraction of sp³-hybridized carbons (Fsp3) is 0.364. The summed E-state index contributed by atoms with van der Waals surface area (Å²) in [5.41, 5.74) is 0.740. The summed E-state index contributed by atoms with van der Waals surface area (Å²) in [5, 5.41) is 13.6. The van der Waals surface area contributed by atoms with E-state index in [1.165, 1.54) is 11.3 Å². The molecule has 0 atom stereocenters. The second-order valence-corrected chi connectivity index (χ2v) is 11.0. The Balaban J connectivity index is 1.68. The average molecular weight is 444 g/mol. The van der Waals surface area contributed by atoms with Crippen molar-refractivity contribution in [3.8, 4) is 0 Å². The smallest absolute Gasteiger partial charge is 0.206 e. The van der Waals surface area contributed by atoms with Gasteiger partial charge in [-0.1, -0.05) is 18.2 Å². The number of sulfone groups is 1. The lowest BCUT2D eigenvalue weighted by molar-refractivity contribution is 0.108. The number of benzene rings is 1. The summed E-state index contributed by atoms with van der Waals surface area (Å²) in [7, 11) is -3.66. The van der Waals surface area contributed by atoms with Crippen LogP contribution in [0, 0.1) is 12.8 Å². The number of hydrogen-bond acceptors (Lipinski definition) is 7. The van der Waals surface area contributed by atoms with Crippen LogP contribution in [-0.4, -0.2) is 29.6 Å². The lowest BCUT2D eigenvalue weighted by Gasteiger charge is -2.25. The number of nitrogens with zero attached hydrogens (tertiary/aromatic N) is 2. The molecule has 3 aromatic rings. The summed E-state index contributed by atoms with van der Waals surface area (Å²) in [5.74, 6) is 0.873. The normalized spacial score (nSPS) is 19.5. The second-order valence-electron chi connectivity index (χ2n) is 7.78. The minimum Gasteiger partial charge on any atom is -0.393 e.